The molecule has 2 rings (SSSR count). The summed E-state index contributed by atoms with van der Waals surface area (Å²) in [5.74, 6) is 1.24. The molecule has 18 heavy (non-hydrogen) atoms. The van der Waals surface area contributed by atoms with Crippen LogP contribution in [0.3, 0.4) is 0 Å². The summed E-state index contributed by atoms with van der Waals surface area (Å²) in [6, 6.07) is 7.86. The maximum absolute atomic E-state index is 12.2. The van der Waals surface area contributed by atoms with Crippen LogP contribution in [-0.4, -0.2) is 24.4 Å². The van der Waals surface area contributed by atoms with Gasteiger partial charge < -0.3 is 10.1 Å². The number of para-hydroxylation sites is 1. The monoisotopic (exact) mass is 267 g/mol. The number of rotatable bonds is 5. The van der Waals surface area contributed by atoms with Crippen LogP contribution in [0.4, 0.5) is 0 Å². The zero-order valence-corrected chi connectivity index (χ0v) is 11.2. The van der Waals surface area contributed by atoms with Crippen LogP contribution in [0.25, 0.3) is 0 Å². The molecule has 1 aromatic rings. The number of nitrogens with one attached hydrogen (secondary N) is 1. The maximum Gasteiger partial charge on any atom is 0.231 e. The normalized spacial score (nSPS) is 18.9. The number of carbonyl (C=O) groups excluding carboxylic acids is 1. The fraction of sp³-hybridized carbons (Fsp3) is 0.500. The summed E-state index contributed by atoms with van der Waals surface area (Å²) >= 11 is 5.72. The first-order chi connectivity index (χ1) is 8.76. The molecule has 1 aliphatic rings. The highest BCUT2D eigenvalue weighted by Crippen LogP contribution is 2.33. The van der Waals surface area contributed by atoms with E-state index in [1.54, 1.807) is 0 Å². The minimum absolute atomic E-state index is 0.0388. The zero-order chi connectivity index (χ0) is 13.0. The first-order valence-corrected chi connectivity index (χ1v) is 6.87. The highest BCUT2D eigenvalue weighted by atomic mass is 35.5. The Morgan fingerprint density at radius 2 is 2.33 bits per heavy atom. The lowest BCUT2D eigenvalue weighted by Crippen LogP contribution is -2.38. The molecule has 1 amide bonds. The molecule has 0 aliphatic carbocycles. The van der Waals surface area contributed by atoms with Crippen LogP contribution >= 0.6 is 11.6 Å². The van der Waals surface area contributed by atoms with E-state index in [2.05, 4.69) is 12.2 Å². The standard InChI is InChI=1S/C14H18ClNO2/c1-2-10(7-8-15)16-14(17)12-9-18-13-6-4-3-5-11(12)13/h3-6,10,12H,2,7-9H2,1H3,(H,16,17). The Hall–Kier alpha value is -1.22. The van der Waals surface area contributed by atoms with Gasteiger partial charge in [0, 0.05) is 17.5 Å². The van der Waals surface area contributed by atoms with Crippen molar-refractivity contribution < 1.29 is 9.53 Å². The number of ether oxygens (including phenoxy) is 1. The topological polar surface area (TPSA) is 38.3 Å². The second kappa shape index (κ2) is 6.10. The van der Waals surface area contributed by atoms with Crippen LogP contribution in [0.2, 0.25) is 0 Å². The highest BCUT2D eigenvalue weighted by molar-refractivity contribution is 6.17. The van der Waals surface area contributed by atoms with Gasteiger partial charge in [-0.1, -0.05) is 25.1 Å². The van der Waals surface area contributed by atoms with Gasteiger partial charge in [-0.15, -0.1) is 11.6 Å². The molecule has 3 nitrogen and oxygen atoms in total. The van der Waals surface area contributed by atoms with Gasteiger partial charge in [-0.05, 0) is 18.9 Å². The third kappa shape index (κ3) is 2.78. The lowest BCUT2D eigenvalue weighted by atomic mass is 10.00. The number of hydrogen-bond donors (Lipinski definition) is 1. The molecule has 4 heteroatoms. The van der Waals surface area contributed by atoms with Gasteiger partial charge in [0.05, 0.1) is 0 Å². The maximum atomic E-state index is 12.2. The van der Waals surface area contributed by atoms with Crippen LogP contribution in [0.1, 0.15) is 31.2 Å². The summed E-state index contributed by atoms with van der Waals surface area (Å²) in [4.78, 5) is 12.2. The van der Waals surface area contributed by atoms with Gasteiger partial charge >= 0.3 is 0 Å². The van der Waals surface area contributed by atoms with E-state index in [1.807, 2.05) is 24.3 Å². The third-order valence-electron chi connectivity index (χ3n) is 3.31. The summed E-state index contributed by atoms with van der Waals surface area (Å²) in [6.07, 6.45) is 1.70. The number of benzene rings is 1. The Bertz CT molecular complexity index is 422. The van der Waals surface area contributed by atoms with Gasteiger partial charge in [-0.2, -0.15) is 0 Å². The molecule has 0 bridgehead atoms. The first kappa shape index (κ1) is 13.2. The molecule has 0 saturated carbocycles. The van der Waals surface area contributed by atoms with Crippen molar-refractivity contribution in [3.8, 4) is 5.75 Å². The van der Waals surface area contributed by atoms with Crippen LogP contribution in [0.5, 0.6) is 5.75 Å². The Balaban J connectivity index is 2.03. The summed E-state index contributed by atoms with van der Waals surface area (Å²) in [7, 11) is 0. The molecule has 1 aromatic carbocycles. The zero-order valence-electron chi connectivity index (χ0n) is 10.5. The number of fused-ring (bicyclic) bond motifs is 1. The van der Waals surface area contributed by atoms with Gasteiger partial charge in [0.2, 0.25) is 5.91 Å². The lowest BCUT2D eigenvalue weighted by Gasteiger charge is -2.18. The van der Waals surface area contributed by atoms with Crippen molar-refractivity contribution in [1.29, 1.82) is 0 Å². The molecule has 0 radical (unpaired) electrons. The number of amides is 1. The van der Waals surface area contributed by atoms with Crippen LogP contribution in [-0.2, 0) is 4.79 Å². The third-order valence-corrected chi connectivity index (χ3v) is 3.53. The van der Waals surface area contributed by atoms with Crippen molar-refractivity contribution >= 4 is 17.5 Å². The van der Waals surface area contributed by atoms with Crippen molar-refractivity contribution in [3.63, 3.8) is 0 Å². The van der Waals surface area contributed by atoms with Crippen molar-refractivity contribution in [2.75, 3.05) is 12.5 Å². The Morgan fingerprint density at radius 3 is 3.06 bits per heavy atom. The molecular formula is C14H18ClNO2. The Labute approximate surface area is 112 Å². The smallest absolute Gasteiger partial charge is 0.231 e. The van der Waals surface area contributed by atoms with Gasteiger partial charge in [0.25, 0.3) is 0 Å². The number of alkyl halides is 1. The molecular weight excluding hydrogens is 250 g/mol. The van der Waals surface area contributed by atoms with Crippen LogP contribution in [0.15, 0.2) is 24.3 Å². The van der Waals surface area contributed by atoms with E-state index in [0.717, 1.165) is 24.2 Å². The van der Waals surface area contributed by atoms with Gasteiger partial charge in [0.15, 0.2) is 0 Å². The van der Waals surface area contributed by atoms with Crippen molar-refractivity contribution in [2.24, 2.45) is 0 Å². The number of halogens is 1. The van der Waals surface area contributed by atoms with Crippen LogP contribution < -0.4 is 10.1 Å². The molecule has 1 heterocycles. The minimum atomic E-state index is -0.189. The van der Waals surface area contributed by atoms with Crippen LogP contribution in [0, 0.1) is 0 Å². The number of carbonyl (C=O) groups is 1. The van der Waals surface area contributed by atoms with E-state index >= 15 is 0 Å². The van der Waals surface area contributed by atoms with E-state index in [0.29, 0.717) is 12.5 Å². The van der Waals surface area contributed by atoms with E-state index in [9.17, 15) is 4.79 Å². The minimum Gasteiger partial charge on any atom is -0.492 e. The number of hydrogen-bond acceptors (Lipinski definition) is 2. The fourth-order valence-electron chi connectivity index (χ4n) is 2.19. The van der Waals surface area contributed by atoms with E-state index in [4.69, 9.17) is 16.3 Å². The first-order valence-electron chi connectivity index (χ1n) is 6.34. The Kier molecular flexibility index (Phi) is 4.48. The lowest BCUT2D eigenvalue weighted by molar-refractivity contribution is -0.123. The quantitative estimate of drug-likeness (QED) is 0.833. The highest BCUT2D eigenvalue weighted by Gasteiger charge is 2.30. The molecule has 2 unspecified atom stereocenters. The summed E-state index contributed by atoms with van der Waals surface area (Å²) in [5.41, 5.74) is 0.982. The van der Waals surface area contributed by atoms with E-state index < -0.39 is 0 Å². The van der Waals surface area contributed by atoms with Crippen molar-refractivity contribution in [3.05, 3.63) is 29.8 Å². The summed E-state index contributed by atoms with van der Waals surface area (Å²) < 4.78 is 5.52. The second-order valence-corrected chi connectivity index (χ2v) is 4.87. The van der Waals surface area contributed by atoms with Gasteiger partial charge in [-0.3, -0.25) is 4.79 Å². The molecule has 2 atom stereocenters. The average Bonchev–Trinajstić information content (AvgIpc) is 2.82. The van der Waals surface area contributed by atoms with E-state index in [1.165, 1.54) is 0 Å². The molecule has 0 spiro atoms. The summed E-state index contributed by atoms with van der Waals surface area (Å²) in [6.45, 7) is 2.49. The molecule has 0 fully saturated rings. The molecule has 98 valence electrons. The predicted molar refractivity (Wildman–Crippen MR) is 72.2 cm³/mol. The second-order valence-electron chi connectivity index (χ2n) is 4.49. The molecule has 0 saturated heterocycles. The molecule has 1 N–H and O–H groups in total. The summed E-state index contributed by atoms with van der Waals surface area (Å²) in [5, 5.41) is 3.05. The van der Waals surface area contributed by atoms with Crippen molar-refractivity contribution in [1.82, 2.24) is 5.32 Å². The van der Waals surface area contributed by atoms with Gasteiger partial charge in [0.1, 0.15) is 18.3 Å². The van der Waals surface area contributed by atoms with Crippen molar-refractivity contribution in [2.45, 2.75) is 31.7 Å². The Morgan fingerprint density at radius 1 is 1.56 bits per heavy atom. The predicted octanol–water partition coefficient (Wildman–Crippen LogP) is 2.69. The largest absolute Gasteiger partial charge is 0.492 e. The SMILES string of the molecule is CCC(CCCl)NC(=O)C1COc2ccccc21. The molecule has 0 aromatic heterocycles. The molecule has 1 aliphatic heterocycles. The average molecular weight is 268 g/mol. The van der Waals surface area contributed by atoms with E-state index in [-0.39, 0.29) is 17.9 Å². The van der Waals surface area contributed by atoms with Gasteiger partial charge in [-0.25, -0.2) is 0 Å². The fourth-order valence-corrected chi connectivity index (χ4v) is 2.45.